The molecule has 0 aromatic carbocycles. The Labute approximate surface area is 116 Å². The predicted molar refractivity (Wildman–Crippen MR) is 81.9 cm³/mol. The minimum atomic E-state index is -0.247. The van der Waals surface area contributed by atoms with Gasteiger partial charge in [-0.1, -0.05) is 0 Å². The Bertz CT molecular complexity index is 407. The summed E-state index contributed by atoms with van der Waals surface area (Å²) >= 11 is 0. The fourth-order valence-electron chi connectivity index (χ4n) is 2.13. The molecular weight excluding hydrogens is 238 g/mol. The van der Waals surface area contributed by atoms with E-state index in [4.69, 9.17) is 5.73 Å². The second-order valence-electron chi connectivity index (χ2n) is 5.65. The molecule has 0 aliphatic rings. The quantitative estimate of drug-likeness (QED) is 0.850. The fraction of sp³-hybridized carbons (Fsp3) is 0.714. The smallest absolute Gasteiger partial charge is 0.134 e. The lowest BCUT2D eigenvalue weighted by Gasteiger charge is -2.28. The number of nitrogens with zero attached hydrogens (tertiary/aromatic N) is 4. The van der Waals surface area contributed by atoms with Gasteiger partial charge in [-0.2, -0.15) is 0 Å². The van der Waals surface area contributed by atoms with Crippen LogP contribution in [0.3, 0.4) is 0 Å². The van der Waals surface area contributed by atoms with Gasteiger partial charge in [-0.05, 0) is 34.6 Å². The molecule has 0 radical (unpaired) electrons. The van der Waals surface area contributed by atoms with Gasteiger partial charge >= 0.3 is 0 Å². The Kier molecular flexibility index (Phi) is 5.11. The van der Waals surface area contributed by atoms with Crippen molar-refractivity contribution in [3.05, 3.63) is 11.9 Å². The molecule has 0 saturated carbocycles. The Morgan fingerprint density at radius 1 is 1.16 bits per heavy atom. The summed E-state index contributed by atoms with van der Waals surface area (Å²) in [5.41, 5.74) is 5.82. The highest BCUT2D eigenvalue weighted by molar-refractivity contribution is 5.50. The van der Waals surface area contributed by atoms with E-state index in [1.807, 2.05) is 33.9 Å². The third-order valence-corrected chi connectivity index (χ3v) is 2.93. The van der Waals surface area contributed by atoms with Gasteiger partial charge in [-0.15, -0.1) is 0 Å². The molecule has 0 amide bonds. The molecule has 2 N–H and O–H groups in total. The van der Waals surface area contributed by atoms with Crippen LogP contribution in [0.15, 0.2) is 6.07 Å². The molecule has 108 valence electrons. The number of aromatic nitrogens is 2. The summed E-state index contributed by atoms with van der Waals surface area (Å²) in [5, 5.41) is 0. The van der Waals surface area contributed by atoms with Crippen LogP contribution in [-0.4, -0.2) is 42.2 Å². The van der Waals surface area contributed by atoms with Gasteiger partial charge in [0.1, 0.15) is 17.5 Å². The molecule has 0 aliphatic heterocycles. The zero-order chi connectivity index (χ0) is 14.6. The number of aryl methyl sites for hydroxylation is 1. The molecule has 1 heterocycles. The summed E-state index contributed by atoms with van der Waals surface area (Å²) in [4.78, 5) is 13.3. The van der Waals surface area contributed by atoms with Crippen molar-refractivity contribution in [3.63, 3.8) is 0 Å². The largest absolute Gasteiger partial charge is 0.358 e. The maximum atomic E-state index is 6.07. The fourth-order valence-corrected chi connectivity index (χ4v) is 2.13. The first-order valence-corrected chi connectivity index (χ1v) is 6.87. The van der Waals surface area contributed by atoms with Crippen molar-refractivity contribution in [2.24, 2.45) is 5.73 Å². The van der Waals surface area contributed by atoms with E-state index < -0.39 is 0 Å². The van der Waals surface area contributed by atoms with Gasteiger partial charge in [0, 0.05) is 38.3 Å². The monoisotopic (exact) mass is 265 g/mol. The normalized spacial score (nSPS) is 11.5. The van der Waals surface area contributed by atoms with Crippen LogP contribution in [0.4, 0.5) is 11.6 Å². The van der Waals surface area contributed by atoms with Crippen molar-refractivity contribution in [1.29, 1.82) is 0 Å². The van der Waals surface area contributed by atoms with E-state index in [1.54, 1.807) is 0 Å². The number of hydrogen-bond acceptors (Lipinski definition) is 5. The highest BCUT2D eigenvalue weighted by Gasteiger charge is 2.16. The first-order chi connectivity index (χ1) is 8.76. The zero-order valence-electron chi connectivity index (χ0n) is 13.1. The molecule has 0 spiro atoms. The second kappa shape index (κ2) is 6.19. The minimum absolute atomic E-state index is 0.247. The van der Waals surface area contributed by atoms with Crippen LogP contribution < -0.4 is 15.5 Å². The molecule has 0 unspecified atom stereocenters. The van der Waals surface area contributed by atoms with Crippen molar-refractivity contribution in [1.82, 2.24) is 9.97 Å². The van der Waals surface area contributed by atoms with Crippen LogP contribution in [0.25, 0.3) is 0 Å². The van der Waals surface area contributed by atoms with Crippen molar-refractivity contribution in [3.8, 4) is 0 Å². The van der Waals surface area contributed by atoms with E-state index in [1.165, 1.54) is 0 Å². The van der Waals surface area contributed by atoms with Gasteiger partial charge in [0.25, 0.3) is 0 Å². The molecule has 5 nitrogen and oxygen atoms in total. The molecule has 1 aromatic rings. The summed E-state index contributed by atoms with van der Waals surface area (Å²) in [7, 11) is 2.02. The van der Waals surface area contributed by atoms with E-state index in [0.717, 1.165) is 37.1 Å². The predicted octanol–water partition coefficient (Wildman–Crippen LogP) is 1.80. The SMILES string of the molecule is CCN(CC)c1cc(N(C)CC(C)(C)N)nc(C)n1. The number of nitrogens with two attached hydrogens (primary N) is 1. The lowest BCUT2D eigenvalue weighted by Crippen LogP contribution is -2.44. The zero-order valence-corrected chi connectivity index (χ0v) is 13.1. The van der Waals surface area contributed by atoms with Gasteiger partial charge in [0.2, 0.25) is 0 Å². The Morgan fingerprint density at radius 2 is 1.68 bits per heavy atom. The average molecular weight is 265 g/mol. The number of anilines is 2. The summed E-state index contributed by atoms with van der Waals surface area (Å²) in [5.74, 6) is 2.70. The molecule has 1 aromatic heterocycles. The maximum absolute atomic E-state index is 6.07. The van der Waals surface area contributed by atoms with Crippen molar-refractivity contribution in [2.45, 2.75) is 40.2 Å². The number of hydrogen-bond donors (Lipinski definition) is 1. The van der Waals surface area contributed by atoms with Crippen molar-refractivity contribution >= 4 is 11.6 Å². The third kappa shape index (κ3) is 4.67. The van der Waals surface area contributed by atoms with Gasteiger partial charge in [-0.3, -0.25) is 0 Å². The molecule has 0 bridgehead atoms. The van der Waals surface area contributed by atoms with Crippen molar-refractivity contribution < 1.29 is 0 Å². The van der Waals surface area contributed by atoms with Crippen LogP contribution in [-0.2, 0) is 0 Å². The molecule has 0 aliphatic carbocycles. The lowest BCUT2D eigenvalue weighted by atomic mass is 10.1. The second-order valence-corrected chi connectivity index (χ2v) is 5.65. The van der Waals surface area contributed by atoms with Crippen LogP contribution in [0.1, 0.15) is 33.5 Å². The highest BCUT2D eigenvalue weighted by Crippen LogP contribution is 2.19. The summed E-state index contributed by atoms with van der Waals surface area (Å²) < 4.78 is 0. The van der Waals surface area contributed by atoms with E-state index in [-0.39, 0.29) is 5.54 Å². The number of likely N-dealkylation sites (N-methyl/N-ethyl adjacent to an activating group) is 1. The summed E-state index contributed by atoms with van der Waals surface area (Å²) in [6.07, 6.45) is 0. The molecule has 0 fully saturated rings. The highest BCUT2D eigenvalue weighted by atomic mass is 15.2. The molecule has 0 saturated heterocycles. The Morgan fingerprint density at radius 3 is 2.16 bits per heavy atom. The standard InChI is InChI=1S/C14H27N5/c1-7-19(8-2)13-9-12(16-11(3)17-13)18(6)10-14(4,5)15/h9H,7-8,10,15H2,1-6H3. The number of rotatable bonds is 6. The molecule has 0 atom stereocenters. The van der Waals surface area contributed by atoms with Crippen LogP contribution >= 0.6 is 0 Å². The minimum Gasteiger partial charge on any atom is -0.358 e. The molecule has 1 rings (SSSR count). The molecule has 19 heavy (non-hydrogen) atoms. The third-order valence-electron chi connectivity index (χ3n) is 2.93. The molecular formula is C14H27N5. The maximum Gasteiger partial charge on any atom is 0.134 e. The van der Waals surface area contributed by atoms with Crippen molar-refractivity contribution in [2.75, 3.05) is 36.5 Å². The van der Waals surface area contributed by atoms with Gasteiger partial charge < -0.3 is 15.5 Å². The van der Waals surface area contributed by atoms with E-state index >= 15 is 0 Å². The topological polar surface area (TPSA) is 58.3 Å². The van der Waals surface area contributed by atoms with E-state index in [9.17, 15) is 0 Å². The first-order valence-electron chi connectivity index (χ1n) is 6.87. The van der Waals surface area contributed by atoms with Gasteiger partial charge in [0.15, 0.2) is 0 Å². The van der Waals surface area contributed by atoms with E-state index in [2.05, 4.69) is 33.6 Å². The molecule has 5 heteroatoms. The van der Waals surface area contributed by atoms with Gasteiger partial charge in [0.05, 0.1) is 0 Å². The average Bonchev–Trinajstić information content (AvgIpc) is 2.27. The van der Waals surface area contributed by atoms with Crippen LogP contribution in [0.5, 0.6) is 0 Å². The Balaban J connectivity index is 3.02. The van der Waals surface area contributed by atoms with Crippen LogP contribution in [0, 0.1) is 6.92 Å². The first kappa shape index (κ1) is 15.7. The van der Waals surface area contributed by atoms with Crippen LogP contribution in [0.2, 0.25) is 0 Å². The lowest BCUT2D eigenvalue weighted by molar-refractivity contribution is 0.517. The van der Waals surface area contributed by atoms with Gasteiger partial charge in [-0.25, -0.2) is 9.97 Å². The van der Waals surface area contributed by atoms with E-state index in [0.29, 0.717) is 0 Å². The Hall–Kier alpha value is -1.36. The summed E-state index contributed by atoms with van der Waals surface area (Å²) in [6, 6.07) is 2.03. The summed E-state index contributed by atoms with van der Waals surface area (Å²) in [6.45, 7) is 12.9.